The molecule has 2 amide bonds. The third kappa shape index (κ3) is 4.49. The first-order chi connectivity index (χ1) is 11.4. The van der Waals surface area contributed by atoms with Gasteiger partial charge in [0.2, 0.25) is 5.91 Å². The maximum Gasteiger partial charge on any atom is 0.252 e. The summed E-state index contributed by atoms with van der Waals surface area (Å²) in [6.07, 6.45) is 0. The van der Waals surface area contributed by atoms with Gasteiger partial charge in [-0.05, 0) is 36.8 Å². The number of halogens is 2. The molecule has 2 aromatic carbocycles. The van der Waals surface area contributed by atoms with E-state index in [9.17, 15) is 9.59 Å². The summed E-state index contributed by atoms with van der Waals surface area (Å²) in [6.45, 7) is 4.03. The summed E-state index contributed by atoms with van der Waals surface area (Å²) in [7, 11) is 0. The highest BCUT2D eigenvalue weighted by Crippen LogP contribution is 2.24. The predicted molar refractivity (Wildman–Crippen MR) is 98.0 cm³/mol. The van der Waals surface area contributed by atoms with E-state index in [0.717, 1.165) is 11.3 Å². The van der Waals surface area contributed by atoms with Crippen LogP contribution >= 0.6 is 23.2 Å². The molecule has 0 heterocycles. The Kier molecular flexibility index (Phi) is 6.23. The fourth-order valence-corrected chi connectivity index (χ4v) is 2.73. The van der Waals surface area contributed by atoms with Gasteiger partial charge in [-0.15, -0.1) is 0 Å². The minimum atomic E-state index is -0.271. The average molecular weight is 365 g/mol. The van der Waals surface area contributed by atoms with E-state index in [-0.39, 0.29) is 11.8 Å². The van der Waals surface area contributed by atoms with Crippen molar-refractivity contribution >= 4 is 40.7 Å². The lowest BCUT2D eigenvalue weighted by molar-refractivity contribution is -0.116. The topological polar surface area (TPSA) is 49.4 Å². The number of aryl methyl sites for hydroxylation is 1. The second-order valence-electron chi connectivity index (χ2n) is 5.34. The fraction of sp³-hybridized carbons (Fsp3) is 0.222. The molecule has 0 unspecified atom stereocenters. The normalized spacial score (nSPS) is 10.3. The van der Waals surface area contributed by atoms with Crippen LogP contribution in [0.1, 0.15) is 22.8 Å². The van der Waals surface area contributed by atoms with E-state index in [2.05, 4.69) is 5.32 Å². The Morgan fingerprint density at radius 3 is 2.50 bits per heavy atom. The van der Waals surface area contributed by atoms with Crippen LogP contribution in [0.3, 0.4) is 0 Å². The molecule has 126 valence electrons. The van der Waals surface area contributed by atoms with Crippen LogP contribution in [0.15, 0.2) is 42.5 Å². The molecule has 0 aliphatic rings. The minimum Gasteiger partial charge on any atom is -0.350 e. The third-order valence-electron chi connectivity index (χ3n) is 3.58. The van der Waals surface area contributed by atoms with E-state index in [1.807, 2.05) is 13.0 Å². The highest BCUT2D eigenvalue weighted by molar-refractivity contribution is 6.33. The number of carbonyl (C=O) groups excluding carboxylic acids is 2. The Hall–Kier alpha value is -2.04. The average Bonchev–Trinajstić information content (AvgIpc) is 2.54. The molecule has 0 spiro atoms. The van der Waals surface area contributed by atoms with Crippen molar-refractivity contribution in [2.45, 2.75) is 13.8 Å². The molecule has 0 radical (unpaired) electrons. The molecule has 1 N–H and O–H groups in total. The number of anilines is 1. The number of hydrogen-bond acceptors (Lipinski definition) is 2. The largest absolute Gasteiger partial charge is 0.350 e. The van der Waals surface area contributed by atoms with Crippen LogP contribution in [0.5, 0.6) is 0 Å². The first kappa shape index (κ1) is 18.3. The third-order valence-corrected chi connectivity index (χ3v) is 4.15. The molecule has 2 rings (SSSR count). The molecule has 2 aromatic rings. The summed E-state index contributed by atoms with van der Waals surface area (Å²) in [4.78, 5) is 25.7. The van der Waals surface area contributed by atoms with Gasteiger partial charge in [-0.2, -0.15) is 0 Å². The first-order valence-electron chi connectivity index (χ1n) is 7.47. The summed E-state index contributed by atoms with van der Waals surface area (Å²) >= 11 is 12.0. The molecule has 0 fully saturated rings. The van der Waals surface area contributed by atoms with E-state index >= 15 is 0 Å². The molecule has 4 nitrogen and oxygen atoms in total. The molecule has 24 heavy (non-hydrogen) atoms. The highest BCUT2D eigenvalue weighted by Gasteiger charge is 2.15. The molecular formula is C18H18Cl2N2O2. The zero-order valence-corrected chi connectivity index (χ0v) is 15.0. The summed E-state index contributed by atoms with van der Waals surface area (Å²) in [5.41, 5.74) is 2.08. The van der Waals surface area contributed by atoms with E-state index < -0.39 is 0 Å². The Morgan fingerprint density at radius 2 is 1.83 bits per heavy atom. The quantitative estimate of drug-likeness (QED) is 0.868. The van der Waals surface area contributed by atoms with Gasteiger partial charge in [0.1, 0.15) is 0 Å². The molecule has 0 aliphatic carbocycles. The Balaban J connectivity index is 2.05. The highest BCUT2D eigenvalue weighted by atomic mass is 35.5. The second-order valence-corrected chi connectivity index (χ2v) is 6.18. The Bertz CT molecular complexity index is 762. The van der Waals surface area contributed by atoms with E-state index in [1.54, 1.807) is 41.3 Å². The predicted octanol–water partition coefficient (Wildman–Crippen LogP) is 4.08. The van der Waals surface area contributed by atoms with E-state index in [4.69, 9.17) is 23.2 Å². The van der Waals surface area contributed by atoms with Gasteiger partial charge in [-0.25, -0.2) is 0 Å². The van der Waals surface area contributed by atoms with Crippen LogP contribution < -0.4 is 10.2 Å². The number of benzene rings is 2. The van der Waals surface area contributed by atoms with Gasteiger partial charge in [0.25, 0.3) is 5.91 Å². The minimum absolute atomic E-state index is 0.118. The smallest absolute Gasteiger partial charge is 0.252 e. The van der Waals surface area contributed by atoms with Crippen LogP contribution in [-0.4, -0.2) is 24.9 Å². The lowest BCUT2D eigenvalue weighted by Gasteiger charge is -2.23. The standard InChI is InChI=1S/C18H18Cl2N2O2/c1-12-7-8-14(19)11-17(12)22(13(2)23)10-9-21-18(24)15-5-3-4-6-16(15)20/h3-8,11H,9-10H2,1-2H3,(H,21,24). The number of hydrogen-bond donors (Lipinski definition) is 1. The monoisotopic (exact) mass is 364 g/mol. The lowest BCUT2D eigenvalue weighted by Crippen LogP contribution is -2.38. The molecule has 0 atom stereocenters. The van der Waals surface area contributed by atoms with Crippen molar-refractivity contribution in [1.82, 2.24) is 5.32 Å². The molecule has 0 bridgehead atoms. The fourth-order valence-electron chi connectivity index (χ4n) is 2.34. The van der Waals surface area contributed by atoms with E-state index in [0.29, 0.717) is 28.7 Å². The first-order valence-corrected chi connectivity index (χ1v) is 8.22. The SMILES string of the molecule is CC(=O)N(CCNC(=O)c1ccccc1Cl)c1cc(Cl)ccc1C. The zero-order valence-electron chi connectivity index (χ0n) is 13.5. The van der Waals surface area contributed by atoms with Crippen molar-refractivity contribution in [1.29, 1.82) is 0 Å². The van der Waals surface area contributed by atoms with Crippen molar-refractivity contribution < 1.29 is 9.59 Å². The zero-order chi connectivity index (χ0) is 17.7. The molecule has 0 aromatic heterocycles. The van der Waals surface area contributed by atoms with Gasteiger partial charge in [0, 0.05) is 30.7 Å². The van der Waals surface area contributed by atoms with Gasteiger partial charge in [0.05, 0.1) is 10.6 Å². The summed E-state index contributed by atoms with van der Waals surface area (Å²) in [5, 5.41) is 3.73. The van der Waals surface area contributed by atoms with Crippen LogP contribution in [0.4, 0.5) is 5.69 Å². The van der Waals surface area contributed by atoms with Crippen molar-refractivity contribution in [3.8, 4) is 0 Å². The Morgan fingerprint density at radius 1 is 1.12 bits per heavy atom. The number of nitrogens with zero attached hydrogens (tertiary/aromatic N) is 1. The summed E-state index contributed by atoms with van der Waals surface area (Å²) < 4.78 is 0. The Labute approximate surface area is 151 Å². The van der Waals surface area contributed by atoms with Gasteiger partial charge in [-0.1, -0.05) is 41.4 Å². The molecular weight excluding hydrogens is 347 g/mol. The van der Waals surface area contributed by atoms with Gasteiger partial charge >= 0.3 is 0 Å². The maximum absolute atomic E-state index is 12.2. The molecule has 0 saturated carbocycles. The molecule has 0 saturated heterocycles. The van der Waals surface area contributed by atoms with Crippen LogP contribution in [-0.2, 0) is 4.79 Å². The number of carbonyl (C=O) groups is 2. The summed E-state index contributed by atoms with van der Waals surface area (Å²) in [6, 6.07) is 12.2. The molecule has 6 heteroatoms. The van der Waals surface area contributed by atoms with Crippen molar-refractivity contribution in [2.75, 3.05) is 18.0 Å². The van der Waals surface area contributed by atoms with Crippen molar-refractivity contribution in [3.05, 3.63) is 63.6 Å². The van der Waals surface area contributed by atoms with Crippen molar-refractivity contribution in [2.24, 2.45) is 0 Å². The van der Waals surface area contributed by atoms with Crippen molar-refractivity contribution in [3.63, 3.8) is 0 Å². The van der Waals surface area contributed by atoms with Gasteiger partial charge in [0.15, 0.2) is 0 Å². The number of rotatable bonds is 5. The van der Waals surface area contributed by atoms with Crippen LogP contribution in [0.2, 0.25) is 10.0 Å². The molecule has 0 aliphatic heterocycles. The van der Waals surface area contributed by atoms with Crippen LogP contribution in [0.25, 0.3) is 0 Å². The number of nitrogens with one attached hydrogen (secondary N) is 1. The van der Waals surface area contributed by atoms with Gasteiger partial charge in [-0.3, -0.25) is 9.59 Å². The summed E-state index contributed by atoms with van der Waals surface area (Å²) in [5.74, 6) is -0.390. The van der Waals surface area contributed by atoms with E-state index in [1.165, 1.54) is 6.92 Å². The lowest BCUT2D eigenvalue weighted by atomic mass is 10.1. The maximum atomic E-state index is 12.2. The van der Waals surface area contributed by atoms with Gasteiger partial charge < -0.3 is 10.2 Å². The second kappa shape index (κ2) is 8.18. The number of amides is 2. The van der Waals surface area contributed by atoms with Crippen LogP contribution in [0, 0.1) is 6.92 Å².